The number of hydrogen-bond acceptors (Lipinski definition) is 4. The van der Waals surface area contributed by atoms with Crippen molar-refractivity contribution in [2.24, 2.45) is 0 Å². The fourth-order valence-electron chi connectivity index (χ4n) is 1.46. The van der Waals surface area contributed by atoms with Crippen LogP contribution in [0, 0.1) is 5.82 Å². The van der Waals surface area contributed by atoms with Gasteiger partial charge in [-0.15, -0.1) is 11.8 Å². The number of hydrogen-bond donors (Lipinski definition) is 0. The average Bonchev–Trinajstić information content (AvgIpc) is 2.45. The van der Waals surface area contributed by atoms with Crippen LogP contribution in [0.4, 0.5) is 4.39 Å². The normalized spacial score (nSPS) is 10.2. The molecule has 0 saturated carbocycles. The zero-order valence-electron chi connectivity index (χ0n) is 10.3. The molecule has 19 heavy (non-hydrogen) atoms. The number of pyridine rings is 1. The number of carbonyl (C=O) groups is 1. The van der Waals surface area contributed by atoms with Gasteiger partial charge >= 0.3 is 5.97 Å². The number of ether oxygens (including phenoxy) is 1. The third-order valence-electron chi connectivity index (χ3n) is 2.43. The fraction of sp³-hybridized carbons (Fsp3) is 0.143. The van der Waals surface area contributed by atoms with Crippen molar-refractivity contribution >= 4 is 17.7 Å². The first kappa shape index (κ1) is 13.5. The van der Waals surface area contributed by atoms with E-state index in [1.807, 2.05) is 6.07 Å². The molecule has 0 spiro atoms. The molecule has 0 atom stereocenters. The first-order valence-electron chi connectivity index (χ1n) is 5.60. The van der Waals surface area contributed by atoms with Gasteiger partial charge in [0.1, 0.15) is 5.82 Å². The molecule has 0 unspecified atom stereocenters. The van der Waals surface area contributed by atoms with Crippen LogP contribution in [0.2, 0.25) is 0 Å². The quantitative estimate of drug-likeness (QED) is 0.635. The molecule has 0 N–H and O–H groups in total. The molecule has 1 heterocycles. The van der Waals surface area contributed by atoms with Gasteiger partial charge in [-0.25, -0.2) is 9.18 Å². The summed E-state index contributed by atoms with van der Waals surface area (Å²) in [5.74, 6) is -0.0407. The SMILES string of the molecule is COC(=O)c1ccc(CSc2cccc(F)c2)nc1. The molecule has 98 valence electrons. The Hall–Kier alpha value is -1.88. The highest BCUT2D eigenvalue weighted by Gasteiger charge is 2.05. The molecule has 0 radical (unpaired) electrons. The van der Waals surface area contributed by atoms with Gasteiger partial charge in [0.05, 0.1) is 18.4 Å². The molecule has 2 aromatic rings. The van der Waals surface area contributed by atoms with Gasteiger partial charge in [0.25, 0.3) is 0 Å². The third-order valence-corrected chi connectivity index (χ3v) is 3.46. The molecule has 0 aliphatic heterocycles. The Balaban J connectivity index is 1.98. The fourth-order valence-corrected chi connectivity index (χ4v) is 2.32. The van der Waals surface area contributed by atoms with Crippen molar-refractivity contribution in [3.8, 4) is 0 Å². The lowest BCUT2D eigenvalue weighted by Gasteiger charge is -2.03. The molecule has 0 fully saturated rings. The second kappa shape index (κ2) is 6.33. The van der Waals surface area contributed by atoms with Gasteiger partial charge in [0.2, 0.25) is 0 Å². The number of halogens is 1. The molecule has 0 saturated heterocycles. The predicted molar refractivity (Wildman–Crippen MR) is 71.5 cm³/mol. The van der Waals surface area contributed by atoms with Gasteiger partial charge in [-0.05, 0) is 30.3 Å². The van der Waals surface area contributed by atoms with Crippen LogP contribution in [0.15, 0.2) is 47.5 Å². The molecule has 1 aromatic heterocycles. The highest BCUT2D eigenvalue weighted by molar-refractivity contribution is 7.98. The molecular formula is C14H12FNO2S. The van der Waals surface area contributed by atoms with Crippen LogP contribution in [0.25, 0.3) is 0 Å². The van der Waals surface area contributed by atoms with E-state index < -0.39 is 5.97 Å². The highest BCUT2D eigenvalue weighted by Crippen LogP contribution is 2.22. The van der Waals surface area contributed by atoms with Crippen molar-refractivity contribution in [2.45, 2.75) is 10.6 Å². The van der Waals surface area contributed by atoms with Crippen LogP contribution < -0.4 is 0 Å². The average molecular weight is 277 g/mol. The van der Waals surface area contributed by atoms with E-state index in [0.717, 1.165) is 10.6 Å². The summed E-state index contributed by atoms with van der Waals surface area (Å²) in [7, 11) is 1.33. The summed E-state index contributed by atoms with van der Waals surface area (Å²) in [4.78, 5) is 16.2. The number of thioether (sulfide) groups is 1. The number of carbonyl (C=O) groups excluding carboxylic acids is 1. The summed E-state index contributed by atoms with van der Waals surface area (Å²) < 4.78 is 17.6. The van der Waals surface area contributed by atoms with Gasteiger partial charge in [0, 0.05) is 16.8 Å². The lowest BCUT2D eigenvalue weighted by atomic mass is 10.2. The topological polar surface area (TPSA) is 39.2 Å². The van der Waals surface area contributed by atoms with Crippen LogP contribution in [0.5, 0.6) is 0 Å². The van der Waals surface area contributed by atoms with Crippen molar-refractivity contribution in [3.05, 3.63) is 59.7 Å². The van der Waals surface area contributed by atoms with E-state index in [0.29, 0.717) is 11.3 Å². The van der Waals surface area contributed by atoms with E-state index in [1.54, 1.807) is 18.2 Å². The number of aromatic nitrogens is 1. The summed E-state index contributed by atoms with van der Waals surface area (Å²) >= 11 is 1.49. The Bertz CT molecular complexity index is 572. The smallest absolute Gasteiger partial charge is 0.339 e. The van der Waals surface area contributed by atoms with Gasteiger partial charge in [-0.2, -0.15) is 0 Å². The zero-order chi connectivity index (χ0) is 13.7. The largest absolute Gasteiger partial charge is 0.465 e. The molecule has 0 bridgehead atoms. The van der Waals surface area contributed by atoms with E-state index in [1.165, 1.54) is 37.2 Å². The minimum Gasteiger partial charge on any atom is -0.465 e. The molecule has 1 aromatic carbocycles. The zero-order valence-corrected chi connectivity index (χ0v) is 11.1. The summed E-state index contributed by atoms with van der Waals surface area (Å²) in [5, 5.41) is 0. The van der Waals surface area contributed by atoms with Gasteiger partial charge in [0.15, 0.2) is 0 Å². The number of benzene rings is 1. The number of esters is 1. The van der Waals surface area contributed by atoms with Crippen LogP contribution in [0.1, 0.15) is 16.1 Å². The maximum absolute atomic E-state index is 13.0. The van der Waals surface area contributed by atoms with Gasteiger partial charge in [-0.1, -0.05) is 6.07 Å². The van der Waals surface area contributed by atoms with Crippen molar-refractivity contribution in [1.82, 2.24) is 4.98 Å². The van der Waals surface area contributed by atoms with Crippen LogP contribution >= 0.6 is 11.8 Å². The van der Waals surface area contributed by atoms with Gasteiger partial charge < -0.3 is 4.74 Å². The Morgan fingerprint density at radius 2 is 2.21 bits per heavy atom. The Morgan fingerprint density at radius 1 is 1.37 bits per heavy atom. The van der Waals surface area contributed by atoms with Crippen LogP contribution in [-0.4, -0.2) is 18.1 Å². The van der Waals surface area contributed by atoms with E-state index in [9.17, 15) is 9.18 Å². The van der Waals surface area contributed by atoms with Crippen molar-refractivity contribution < 1.29 is 13.9 Å². The first-order chi connectivity index (χ1) is 9.19. The number of nitrogens with zero attached hydrogens (tertiary/aromatic N) is 1. The number of rotatable bonds is 4. The van der Waals surface area contributed by atoms with Crippen LogP contribution in [0.3, 0.4) is 0 Å². The highest BCUT2D eigenvalue weighted by atomic mass is 32.2. The summed E-state index contributed by atoms with van der Waals surface area (Å²) in [6, 6.07) is 9.84. The Morgan fingerprint density at radius 3 is 2.84 bits per heavy atom. The van der Waals surface area contributed by atoms with Crippen molar-refractivity contribution in [3.63, 3.8) is 0 Å². The summed E-state index contributed by atoms with van der Waals surface area (Å²) in [6.45, 7) is 0. The Kier molecular flexibility index (Phi) is 4.52. The van der Waals surface area contributed by atoms with E-state index in [4.69, 9.17) is 0 Å². The second-order valence-corrected chi connectivity index (χ2v) is 4.82. The van der Waals surface area contributed by atoms with Crippen LogP contribution in [-0.2, 0) is 10.5 Å². The molecular weight excluding hydrogens is 265 g/mol. The summed E-state index contributed by atoms with van der Waals surface area (Å²) in [5.41, 5.74) is 1.24. The van der Waals surface area contributed by atoms with E-state index in [2.05, 4.69) is 9.72 Å². The van der Waals surface area contributed by atoms with Crippen molar-refractivity contribution in [1.29, 1.82) is 0 Å². The molecule has 5 heteroatoms. The monoisotopic (exact) mass is 277 g/mol. The standard InChI is InChI=1S/C14H12FNO2S/c1-18-14(17)10-5-6-12(16-8-10)9-19-13-4-2-3-11(15)7-13/h2-8H,9H2,1H3. The third kappa shape index (κ3) is 3.79. The predicted octanol–water partition coefficient (Wildman–Crippen LogP) is 3.30. The first-order valence-corrected chi connectivity index (χ1v) is 6.59. The molecule has 0 aliphatic carbocycles. The van der Waals surface area contributed by atoms with Crippen molar-refractivity contribution in [2.75, 3.05) is 7.11 Å². The maximum Gasteiger partial charge on any atom is 0.339 e. The number of methoxy groups -OCH3 is 1. The minimum absolute atomic E-state index is 0.251. The minimum atomic E-state index is -0.406. The lowest BCUT2D eigenvalue weighted by Crippen LogP contribution is -2.02. The Labute approximate surface area is 114 Å². The van der Waals surface area contributed by atoms with Gasteiger partial charge in [-0.3, -0.25) is 4.98 Å². The second-order valence-electron chi connectivity index (χ2n) is 3.78. The molecule has 3 nitrogen and oxygen atoms in total. The molecule has 0 amide bonds. The maximum atomic E-state index is 13.0. The molecule has 0 aliphatic rings. The summed E-state index contributed by atoms with van der Waals surface area (Å²) in [6.07, 6.45) is 1.48. The lowest BCUT2D eigenvalue weighted by molar-refractivity contribution is 0.0600. The van der Waals surface area contributed by atoms with E-state index >= 15 is 0 Å². The molecule has 2 rings (SSSR count). The van der Waals surface area contributed by atoms with E-state index in [-0.39, 0.29) is 5.82 Å².